The third-order valence-corrected chi connectivity index (χ3v) is 9.64. The maximum atomic E-state index is 4.63. The van der Waals surface area contributed by atoms with Crippen LogP contribution in [0.5, 0.6) is 0 Å². The second-order valence-electron chi connectivity index (χ2n) is 10.4. The summed E-state index contributed by atoms with van der Waals surface area (Å²) in [5, 5.41) is 0. The molecule has 0 bridgehead atoms. The van der Waals surface area contributed by atoms with E-state index in [1.165, 1.54) is 69.3 Å². The molecule has 1 aromatic heterocycles. The third kappa shape index (κ3) is 2.14. The van der Waals surface area contributed by atoms with Crippen LogP contribution in [0.25, 0.3) is 0 Å². The minimum Gasteiger partial charge on any atom is -0.335 e. The summed E-state index contributed by atoms with van der Waals surface area (Å²) in [7, 11) is 2.22. The zero-order chi connectivity index (χ0) is 18.1. The van der Waals surface area contributed by atoms with Crippen LogP contribution in [0.3, 0.4) is 0 Å². The van der Waals surface area contributed by atoms with Crippen molar-refractivity contribution in [2.24, 2.45) is 35.6 Å². The number of nitrogens with zero attached hydrogens (tertiary/aromatic N) is 2. The van der Waals surface area contributed by atoms with Crippen molar-refractivity contribution in [3.8, 4) is 0 Å². The van der Waals surface area contributed by atoms with Crippen molar-refractivity contribution >= 4 is 0 Å². The van der Waals surface area contributed by atoms with E-state index in [1.807, 2.05) is 5.57 Å². The van der Waals surface area contributed by atoms with Crippen LogP contribution in [-0.2, 0) is 7.05 Å². The van der Waals surface area contributed by atoms with Gasteiger partial charge in [-0.3, -0.25) is 0 Å². The van der Waals surface area contributed by atoms with Gasteiger partial charge in [-0.25, -0.2) is 4.98 Å². The first kappa shape index (κ1) is 17.1. The summed E-state index contributed by atoms with van der Waals surface area (Å²) < 4.78 is 2.37. The molecule has 5 rings (SSSR count). The van der Waals surface area contributed by atoms with Gasteiger partial charge in [0.2, 0.25) is 0 Å². The second kappa shape index (κ2) is 5.72. The molecule has 3 saturated carbocycles. The van der Waals surface area contributed by atoms with Crippen molar-refractivity contribution in [1.82, 2.24) is 9.55 Å². The van der Waals surface area contributed by atoms with Crippen LogP contribution in [0.1, 0.15) is 89.1 Å². The Morgan fingerprint density at radius 1 is 1.08 bits per heavy atom. The number of hydrogen-bond donors (Lipinski definition) is 0. The first-order chi connectivity index (χ1) is 12.4. The normalized spacial score (nSPS) is 44.8. The molecule has 0 radical (unpaired) electrons. The Morgan fingerprint density at radius 3 is 2.69 bits per heavy atom. The van der Waals surface area contributed by atoms with E-state index < -0.39 is 0 Å². The van der Waals surface area contributed by atoms with E-state index in [9.17, 15) is 0 Å². The van der Waals surface area contributed by atoms with Crippen LogP contribution in [0.4, 0.5) is 0 Å². The Hall–Kier alpha value is -1.05. The molecule has 0 saturated heterocycles. The van der Waals surface area contributed by atoms with Gasteiger partial charge in [0.25, 0.3) is 0 Å². The highest BCUT2D eigenvalue weighted by molar-refractivity contribution is 5.26. The van der Waals surface area contributed by atoms with E-state index in [0.717, 1.165) is 23.7 Å². The largest absolute Gasteiger partial charge is 0.335 e. The summed E-state index contributed by atoms with van der Waals surface area (Å²) in [6, 6.07) is 0. The summed E-state index contributed by atoms with van der Waals surface area (Å²) in [5.41, 5.74) is 4.37. The highest BCUT2D eigenvalue weighted by Gasteiger charge is 2.59. The molecule has 0 amide bonds. The lowest BCUT2D eigenvalue weighted by atomic mass is 9.47. The Kier molecular flexibility index (Phi) is 3.76. The van der Waals surface area contributed by atoms with Crippen molar-refractivity contribution in [1.29, 1.82) is 0 Å². The lowest BCUT2D eigenvalue weighted by molar-refractivity contribution is -0.0421. The van der Waals surface area contributed by atoms with Crippen molar-refractivity contribution in [2.45, 2.75) is 84.5 Å². The summed E-state index contributed by atoms with van der Waals surface area (Å²) in [6.45, 7) is 7.42. The fourth-order valence-corrected chi connectivity index (χ4v) is 8.08. The van der Waals surface area contributed by atoms with Crippen LogP contribution in [0.15, 0.2) is 17.8 Å². The quantitative estimate of drug-likeness (QED) is 0.553. The van der Waals surface area contributed by atoms with Crippen molar-refractivity contribution in [3.05, 3.63) is 29.4 Å². The molecule has 1 aromatic rings. The Balaban J connectivity index is 1.48. The van der Waals surface area contributed by atoms with Gasteiger partial charge < -0.3 is 4.57 Å². The molecule has 0 aliphatic heterocycles. The monoisotopic (exact) mass is 352 g/mol. The Labute approximate surface area is 159 Å². The SMILES string of the molecule is Cc1ncc([C@H]2CC[C@H]3[C@@H]4CCC5=CCCC[C@]5(C)[C@H]4CC[C@]23C)n1C. The molecule has 0 spiro atoms. The highest BCUT2D eigenvalue weighted by Crippen LogP contribution is 2.68. The minimum atomic E-state index is 0.494. The third-order valence-electron chi connectivity index (χ3n) is 9.64. The molecule has 26 heavy (non-hydrogen) atoms. The fraction of sp³-hybridized carbons (Fsp3) is 0.792. The zero-order valence-corrected chi connectivity index (χ0v) is 17.2. The summed E-state index contributed by atoms with van der Waals surface area (Å²) >= 11 is 0. The molecule has 4 aliphatic carbocycles. The zero-order valence-electron chi connectivity index (χ0n) is 17.2. The molecular formula is C24H36N2. The Morgan fingerprint density at radius 2 is 1.92 bits per heavy atom. The summed E-state index contributed by atoms with van der Waals surface area (Å²) in [5.74, 6) is 4.74. The molecule has 1 heterocycles. The van der Waals surface area contributed by atoms with E-state index in [1.54, 1.807) is 0 Å². The number of rotatable bonds is 1. The lowest BCUT2D eigenvalue weighted by Crippen LogP contribution is -2.49. The maximum Gasteiger partial charge on any atom is 0.105 e. The van der Waals surface area contributed by atoms with E-state index in [0.29, 0.717) is 10.8 Å². The predicted molar refractivity (Wildman–Crippen MR) is 107 cm³/mol. The van der Waals surface area contributed by atoms with Gasteiger partial charge >= 0.3 is 0 Å². The molecule has 142 valence electrons. The molecular weight excluding hydrogens is 316 g/mol. The van der Waals surface area contributed by atoms with Crippen LogP contribution < -0.4 is 0 Å². The maximum absolute atomic E-state index is 4.63. The average Bonchev–Trinajstić information content (AvgIpc) is 3.14. The van der Waals surface area contributed by atoms with Crippen molar-refractivity contribution < 1.29 is 0 Å². The Bertz CT molecular complexity index is 743. The highest BCUT2D eigenvalue weighted by atomic mass is 15.1. The lowest BCUT2D eigenvalue weighted by Gasteiger charge is -2.58. The van der Waals surface area contributed by atoms with E-state index in [4.69, 9.17) is 0 Å². The summed E-state index contributed by atoms with van der Waals surface area (Å²) in [4.78, 5) is 4.63. The topological polar surface area (TPSA) is 17.8 Å². The fourth-order valence-electron chi connectivity index (χ4n) is 8.08. The number of fused-ring (bicyclic) bond motifs is 5. The second-order valence-corrected chi connectivity index (χ2v) is 10.4. The standard InChI is InChI=1S/C24H36N2/c1-16-25-15-22(26(16)4)21-11-10-19-18-9-8-17-7-5-6-13-23(17,2)20(18)12-14-24(19,21)3/h7,15,18-21H,5-6,8-14H2,1-4H3/t18-,19-,20-,21+,23-,24-/m0/s1. The molecule has 6 atom stereocenters. The molecule has 0 aromatic carbocycles. The van der Waals surface area contributed by atoms with Gasteiger partial charge in [0.1, 0.15) is 5.82 Å². The molecule has 4 aliphatic rings. The molecule has 2 nitrogen and oxygen atoms in total. The van der Waals surface area contributed by atoms with Crippen LogP contribution >= 0.6 is 0 Å². The number of aryl methyl sites for hydroxylation is 1. The smallest absolute Gasteiger partial charge is 0.105 e. The van der Waals surface area contributed by atoms with Gasteiger partial charge in [0.15, 0.2) is 0 Å². The predicted octanol–water partition coefficient (Wildman–Crippen LogP) is 6.17. The van der Waals surface area contributed by atoms with Gasteiger partial charge in [-0.05, 0) is 93.3 Å². The van der Waals surface area contributed by atoms with Crippen molar-refractivity contribution in [3.63, 3.8) is 0 Å². The van der Waals surface area contributed by atoms with Crippen molar-refractivity contribution in [2.75, 3.05) is 0 Å². The molecule has 2 heteroatoms. The van der Waals surface area contributed by atoms with Crippen LogP contribution in [-0.4, -0.2) is 9.55 Å². The number of allylic oxidation sites excluding steroid dienone is 2. The van der Waals surface area contributed by atoms with E-state index in [-0.39, 0.29) is 0 Å². The number of hydrogen-bond acceptors (Lipinski definition) is 1. The van der Waals surface area contributed by atoms with Crippen LogP contribution in [0, 0.1) is 35.5 Å². The van der Waals surface area contributed by atoms with Crippen LogP contribution in [0.2, 0.25) is 0 Å². The minimum absolute atomic E-state index is 0.494. The van der Waals surface area contributed by atoms with Gasteiger partial charge in [-0.2, -0.15) is 0 Å². The molecule has 0 N–H and O–H groups in total. The first-order valence-electron chi connectivity index (χ1n) is 11.1. The molecule has 3 fully saturated rings. The van der Waals surface area contributed by atoms with E-state index in [2.05, 4.69) is 49.6 Å². The average molecular weight is 353 g/mol. The number of imidazole rings is 1. The number of aromatic nitrogens is 2. The summed E-state index contributed by atoms with van der Waals surface area (Å²) in [6.07, 6.45) is 17.6. The van der Waals surface area contributed by atoms with Gasteiger partial charge in [0.05, 0.1) is 0 Å². The van der Waals surface area contributed by atoms with Gasteiger partial charge in [0, 0.05) is 24.9 Å². The van der Waals surface area contributed by atoms with E-state index >= 15 is 0 Å². The molecule has 0 unspecified atom stereocenters. The van der Waals surface area contributed by atoms with Gasteiger partial charge in [-0.1, -0.05) is 25.5 Å². The van der Waals surface area contributed by atoms with Gasteiger partial charge in [-0.15, -0.1) is 0 Å². The first-order valence-corrected chi connectivity index (χ1v) is 11.1.